The summed E-state index contributed by atoms with van der Waals surface area (Å²) in [5.41, 5.74) is 3.32. The Balaban J connectivity index is 1.51. The van der Waals surface area contributed by atoms with Crippen LogP contribution in [0.2, 0.25) is 0 Å². The van der Waals surface area contributed by atoms with Crippen LogP contribution in [0.25, 0.3) is 0 Å². The van der Waals surface area contributed by atoms with Crippen molar-refractivity contribution in [3.63, 3.8) is 0 Å². The predicted molar refractivity (Wildman–Crippen MR) is 58.6 cm³/mol. The Morgan fingerprint density at radius 2 is 1.67 bits per heavy atom. The van der Waals surface area contributed by atoms with E-state index in [1.54, 1.807) is 11.1 Å². The highest BCUT2D eigenvalue weighted by atomic mass is 16.2. The lowest BCUT2D eigenvalue weighted by atomic mass is 10.0. The zero-order valence-corrected chi connectivity index (χ0v) is 9.09. The van der Waals surface area contributed by atoms with Crippen molar-refractivity contribution >= 4 is 6.03 Å². The van der Waals surface area contributed by atoms with Gasteiger partial charge >= 0.3 is 6.03 Å². The Morgan fingerprint density at radius 1 is 1.07 bits per heavy atom. The molecule has 2 aliphatic carbocycles. The minimum absolute atomic E-state index is 0.164. The average molecular weight is 206 g/mol. The molecule has 2 amide bonds. The molecule has 2 saturated carbocycles. The lowest BCUT2D eigenvalue weighted by molar-refractivity contribution is 0.193. The van der Waals surface area contributed by atoms with Crippen molar-refractivity contribution in [1.82, 2.24) is 10.2 Å². The van der Waals surface area contributed by atoms with Crippen LogP contribution < -0.4 is 5.32 Å². The summed E-state index contributed by atoms with van der Waals surface area (Å²) < 4.78 is 0. The number of carbonyl (C=O) groups excluding carboxylic acids is 1. The van der Waals surface area contributed by atoms with Gasteiger partial charge in [0.25, 0.3) is 0 Å². The van der Waals surface area contributed by atoms with E-state index in [0.717, 1.165) is 25.9 Å². The van der Waals surface area contributed by atoms with Crippen molar-refractivity contribution in [2.24, 2.45) is 0 Å². The highest BCUT2D eigenvalue weighted by Gasteiger charge is 2.28. The second-order valence-corrected chi connectivity index (χ2v) is 4.92. The third kappa shape index (κ3) is 2.16. The number of nitrogens with one attached hydrogen (secondary N) is 1. The van der Waals surface area contributed by atoms with E-state index in [-0.39, 0.29) is 6.03 Å². The maximum Gasteiger partial charge on any atom is 0.317 e. The molecule has 0 bridgehead atoms. The third-order valence-corrected chi connectivity index (χ3v) is 3.56. The monoisotopic (exact) mass is 206 g/mol. The third-order valence-electron chi connectivity index (χ3n) is 3.56. The summed E-state index contributed by atoms with van der Waals surface area (Å²) >= 11 is 0. The maximum atomic E-state index is 11.7. The fourth-order valence-electron chi connectivity index (χ4n) is 2.24. The molecule has 3 heteroatoms. The summed E-state index contributed by atoms with van der Waals surface area (Å²) in [7, 11) is 0. The Bertz CT molecular complexity index is 302. The van der Waals surface area contributed by atoms with Crippen LogP contribution in [0.3, 0.4) is 0 Å². The average Bonchev–Trinajstić information content (AvgIpc) is 3.12. The van der Waals surface area contributed by atoms with Gasteiger partial charge in [-0.2, -0.15) is 0 Å². The molecule has 1 N–H and O–H groups in total. The van der Waals surface area contributed by atoms with E-state index in [1.807, 2.05) is 4.90 Å². The Hall–Kier alpha value is -0.990. The summed E-state index contributed by atoms with van der Waals surface area (Å²) in [6, 6.07) is 0.651. The highest BCUT2D eigenvalue weighted by molar-refractivity contribution is 5.75. The predicted octanol–water partition coefficient (Wildman–Crippen LogP) is 2.04. The van der Waals surface area contributed by atoms with E-state index >= 15 is 0 Å². The lowest BCUT2D eigenvalue weighted by Gasteiger charge is -2.28. The van der Waals surface area contributed by atoms with E-state index in [1.165, 1.54) is 25.7 Å². The van der Waals surface area contributed by atoms with Crippen LogP contribution in [0, 0.1) is 0 Å². The van der Waals surface area contributed by atoms with Crippen LogP contribution >= 0.6 is 0 Å². The van der Waals surface area contributed by atoms with Gasteiger partial charge < -0.3 is 10.2 Å². The molecule has 0 aromatic carbocycles. The van der Waals surface area contributed by atoms with E-state index in [2.05, 4.69) is 5.32 Å². The molecule has 0 spiro atoms. The van der Waals surface area contributed by atoms with Crippen molar-refractivity contribution in [1.29, 1.82) is 0 Å². The molecule has 3 fully saturated rings. The number of allylic oxidation sites excluding steroid dienone is 1. The van der Waals surface area contributed by atoms with Gasteiger partial charge in [-0.3, -0.25) is 0 Å². The van der Waals surface area contributed by atoms with E-state index in [0.29, 0.717) is 6.04 Å². The summed E-state index contributed by atoms with van der Waals surface area (Å²) in [6.45, 7) is 1.86. The fraction of sp³-hybridized carbons (Fsp3) is 0.750. The number of amides is 2. The van der Waals surface area contributed by atoms with Gasteiger partial charge in [-0.05, 0) is 38.5 Å². The number of likely N-dealkylation sites (tertiary alicyclic amines) is 1. The van der Waals surface area contributed by atoms with Crippen molar-refractivity contribution in [3.8, 4) is 0 Å². The van der Waals surface area contributed by atoms with Crippen LogP contribution in [0.15, 0.2) is 11.1 Å². The zero-order chi connectivity index (χ0) is 10.3. The van der Waals surface area contributed by atoms with Gasteiger partial charge in [0.15, 0.2) is 0 Å². The summed E-state index contributed by atoms with van der Waals surface area (Å²) in [5.74, 6) is 0. The Labute approximate surface area is 90.5 Å². The molecule has 3 aliphatic rings. The second-order valence-electron chi connectivity index (χ2n) is 4.92. The smallest absolute Gasteiger partial charge is 0.317 e. The van der Waals surface area contributed by atoms with Gasteiger partial charge in [0, 0.05) is 19.1 Å². The fourth-order valence-corrected chi connectivity index (χ4v) is 2.24. The minimum Gasteiger partial charge on any atom is -0.335 e. The molecule has 0 aromatic heterocycles. The first-order valence-corrected chi connectivity index (χ1v) is 6.08. The maximum absolute atomic E-state index is 11.7. The molecule has 1 aliphatic heterocycles. The zero-order valence-electron chi connectivity index (χ0n) is 9.09. The van der Waals surface area contributed by atoms with E-state index < -0.39 is 0 Å². The number of carbonyl (C=O) groups is 1. The Kier molecular flexibility index (Phi) is 2.19. The highest BCUT2D eigenvalue weighted by Crippen LogP contribution is 2.36. The van der Waals surface area contributed by atoms with Crippen molar-refractivity contribution in [2.75, 3.05) is 13.1 Å². The molecule has 3 rings (SSSR count). The van der Waals surface area contributed by atoms with E-state index in [9.17, 15) is 4.79 Å². The van der Waals surface area contributed by atoms with Crippen LogP contribution in [0.1, 0.15) is 38.5 Å². The SMILES string of the molecule is O=C(NC1CC1)N1CCC(=C2CC2)CC1. The first kappa shape index (κ1) is 9.25. The summed E-state index contributed by atoms with van der Waals surface area (Å²) in [4.78, 5) is 13.7. The Morgan fingerprint density at radius 3 is 2.20 bits per heavy atom. The summed E-state index contributed by atoms with van der Waals surface area (Å²) in [6.07, 6.45) is 7.23. The van der Waals surface area contributed by atoms with Gasteiger partial charge in [-0.25, -0.2) is 4.79 Å². The number of rotatable bonds is 1. The number of nitrogens with zero attached hydrogens (tertiary/aromatic N) is 1. The van der Waals surface area contributed by atoms with E-state index in [4.69, 9.17) is 0 Å². The molecule has 0 unspecified atom stereocenters. The first-order chi connectivity index (χ1) is 7.33. The molecule has 1 heterocycles. The largest absolute Gasteiger partial charge is 0.335 e. The van der Waals surface area contributed by atoms with Crippen LogP contribution in [-0.4, -0.2) is 30.1 Å². The topological polar surface area (TPSA) is 32.3 Å². The normalized spacial score (nSPS) is 25.5. The molecule has 0 atom stereocenters. The van der Waals surface area contributed by atoms with Crippen LogP contribution in [0.5, 0.6) is 0 Å². The van der Waals surface area contributed by atoms with Gasteiger partial charge in [-0.15, -0.1) is 0 Å². The second kappa shape index (κ2) is 3.54. The first-order valence-electron chi connectivity index (χ1n) is 6.08. The molecule has 0 radical (unpaired) electrons. The summed E-state index contributed by atoms with van der Waals surface area (Å²) in [5, 5.41) is 3.05. The quantitative estimate of drug-likeness (QED) is 0.654. The molecular formula is C12H18N2O. The minimum atomic E-state index is 0.164. The number of urea groups is 1. The molecule has 0 aromatic rings. The molecule has 82 valence electrons. The number of hydrogen-bond acceptors (Lipinski definition) is 1. The molecule has 1 saturated heterocycles. The molecule has 3 nitrogen and oxygen atoms in total. The number of hydrogen-bond donors (Lipinski definition) is 1. The van der Waals surface area contributed by atoms with Gasteiger partial charge in [0.1, 0.15) is 0 Å². The van der Waals surface area contributed by atoms with Crippen molar-refractivity contribution < 1.29 is 4.79 Å². The number of piperidine rings is 1. The van der Waals surface area contributed by atoms with Crippen molar-refractivity contribution in [3.05, 3.63) is 11.1 Å². The van der Waals surface area contributed by atoms with Gasteiger partial charge in [0.05, 0.1) is 0 Å². The van der Waals surface area contributed by atoms with Crippen LogP contribution in [-0.2, 0) is 0 Å². The van der Waals surface area contributed by atoms with Crippen LogP contribution in [0.4, 0.5) is 4.79 Å². The van der Waals surface area contributed by atoms with Gasteiger partial charge in [-0.1, -0.05) is 11.1 Å². The van der Waals surface area contributed by atoms with Crippen molar-refractivity contribution in [2.45, 2.75) is 44.6 Å². The standard InChI is InChI=1S/C12H18N2O/c15-12(13-11-3-4-11)14-7-5-10(6-8-14)9-1-2-9/h11H,1-8H2,(H,13,15). The lowest BCUT2D eigenvalue weighted by Crippen LogP contribution is -2.44. The molecular weight excluding hydrogens is 188 g/mol. The molecule has 15 heavy (non-hydrogen) atoms. The van der Waals surface area contributed by atoms with Gasteiger partial charge in [0.2, 0.25) is 0 Å².